The highest BCUT2D eigenvalue weighted by Gasteiger charge is 2.31. The topological polar surface area (TPSA) is 164 Å². The maximum atomic E-state index is 12.9. The predicted octanol–water partition coefficient (Wildman–Crippen LogP) is 2.92. The van der Waals surface area contributed by atoms with Crippen molar-refractivity contribution in [3.8, 4) is 16.8 Å². The third-order valence-electron chi connectivity index (χ3n) is 7.05. The van der Waals surface area contributed by atoms with Gasteiger partial charge in [-0.05, 0) is 37.8 Å². The lowest BCUT2D eigenvalue weighted by Gasteiger charge is -2.28. The van der Waals surface area contributed by atoms with E-state index in [1.807, 2.05) is 36.5 Å². The van der Waals surface area contributed by atoms with E-state index in [0.29, 0.717) is 36.9 Å². The zero-order valence-electron chi connectivity index (χ0n) is 21.6. The van der Waals surface area contributed by atoms with E-state index in [1.165, 1.54) is 11.6 Å². The number of carbonyl (C=O) groups is 1. The number of carboxylic acid groups (broad SMARTS) is 1. The quantitative estimate of drug-likeness (QED) is 0.314. The Labute approximate surface area is 225 Å². The zero-order valence-corrected chi connectivity index (χ0v) is 22.4. The maximum Gasteiger partial charge on any atom is 0.306 e. The number of anilines is 1. The summed E-state index contributed by atoms with van der Waals surface area (Å²) < 4.78 is 40.5. The lowest BCUT2D eigenvalue weighted by Crippen LogP contribution is -2.28. The van der Waals surface area contributed by atoms with E-state index < -0.39 is 21.9 Å². The molecule has 0 spiro atoms. The number of para-hydroxylation sites is 1. The van der Waals surface area contributed by atoms with Crippen molar-refractivity contribution >= 4 is 27.3 Å². The molecule has 1 unspecified atom stereocenters. The summed E-state index contributed by atoms with van der Waals surface area (Å²) in [5, 5.41) is 18.0. The van der Waals surface area contributed by atoms with Crippen LogP contribution in [0, 0.1) is 5.92 Å². The molecule has 3 heterocycles. The van der Waals surface area contributed by atoms with Crippen LogP contribution in [0.3, 0.4) is 0 Å². The average molecular weight is 555 g/mol. The number of sulfone groups is 1. The number of nitrogens with zero attached hydrogens (tertiary/aromatic N) is 5. The normalized spacial score (nSPS) is 18.8. The first kappa shape index (κ1) is 26.8. The number of benzene rings is 1. The average Bonchev–Trinajstić information content (AvgIpc) is 3.57. The van der Waals surface area contributed by atoms with E-state index in [0.717, 1.165) is 17.5 Å². The van der Waals surface area contributed by atoms with E-state index in [9.17, 15) is 18.3 Å². The third kappa shape index (κ3) is 5.37. The number of carboxylic acids is 1. The van der Waals surface area contributed by atoms with Gasteiger partial charge in [0.2, 0.25) is 0 Å². The van der Waals surface area contributed by atoms with Crippen LogP contribution < -0.4 is 5.73 Å². The highest BCUT2D eigenvalue weighted by molar-refractivity contribution is 7.91. The Kier molecular flexibility index (Phi) is 7.38. The zero-order chi connectivity index (χ0) is 27.7. The molecule has 5 rings (SSSR count). The van der Waals surface area contributed by atoms with E-state index in [4.69, 9.17) is 20.2 Å². The molecule has 4 aromatic rings. The first-order valence-corrected chi connectivity index (χ1v) is 14.4. The largest absolute Gasteiger partial charge is 0.481 e. The molecule has 1 atom stereocenters. The molecule has 1 fully saturated rings. The molecule has 1 aromatic carbocycles. The second-order valence-electron chi connectivity index (χ2n) is 9.66. The molecule has 1 saturated carbocycles. The van der Waals surface area contributed by atoms with E-state index >= 15 is 0 Å². The van der Waals surface area contributed by atoms with Gasteiger partial charge in [0.25, 0.3) is 0 Å². The number of hydrogen-bond acceptors (Lipinski definition) is 9. The van der Waals surface area contributed by atoms with Gasteiger partial charge in [-0.1, -0.05) is 18.2 Å². The Bertz CT molecular complexity index is 1590. The molecule has 13 heteroatoms. The number of methoxy groups -OCH3 is 1. The molecule has 1 aliphatic carbocycles. The van der Waals surface area contributed by atoms with Crippen molar-refractivity contribution in [1.29, 1.82) is 0 Å². The fourth-order valence-corrected chi connectivity index (χ4v) is 5.99. The number of rotatable bonds is 9. The lowest BCUT2D eigenvalue weighted by atomic mass is 9.87. The Balaban J connectivity index is 1.50. The molecule has 3 aromatic heterocycles. The molecule has 0 radical (unpaired) electrons. The van der Waals surface area contributed by atoms with Gasteiger partial charge < -0.3 is 20.3 Å². The van der Waals surface area contributed by atoms with Crippen LogP contribution in [-0.4, -0.2) is 69.9 Å². The summed E-state index contributed by atoms with van der Waals surface area (Å²) in [6.07, 6.45) is 7.39. The number of hydrogen-bond donors (Lipinski definition) is 2. The van der Waals surface area contributed by atoms with Crippen LogP contribution in [0.4, 0.5) is 5.82 Å². The van der Waals surface area contributed by atoms with E-state index in [-0.39, 0.29) is 35.0 Å². The van der Waals surface area contributed by atoms with Crippen LogP contribution in [-0.2, 0) is 24.1 Å². The molecule has 3 N–H and O–H groups in total. The Hall–Kier alpha value is -3.81. The Morgan fingerprint density at radius 3 is 2.51 bits per heavy atom. The molecule has 0 amide bonds. The van der Waals surface area contributed by atoms with Gasteiger partial charge in [-0.15, -0.1) is 0 Å². The molecule has 0 aliphatic heterocycles. The highest BCUT2D eigenvalue weighted by Crippen LogP contribution is 2.34. The lowest BCUT2D eigenvalue weighted by molar-refractivity contribution is -0.144. The summed E-state index contributed by atoms with van der Waals surface area (Å²) in [7, 11) is -2.37. The molecule has 0 bridgehead atoms. The summed E-state index contributed by atoms with van der Waals surface area (Å²) in [6, 6.07) is 9.60. The molecule has 12 nitrogen and oxygen atoms in total. The maximum absolute atomic E-state index is 12.9. The minimum atomic E-state index is -3.82. The smallest absolute Gasteiger partial charge is 0.306 e. The molecule has 0 saturated heterocycles. The minimum absolute atomic E-state index is 0.0272. The van der Waals surface area contributed by atoms with E-state index in [1.54, 1.807) is 17.1 Å². The van der Waals surface area contributed by atoms with Gasteiger partial charge >= 0.3 is 5.97 Å². The van der Waals surface area contributed by atoms with Crippen molar-refractivity contribution in [2.45, 2.75) is 42.8 Å². The summed E-state index contributed by atoms with van der Waals surface area (Å²) in [5.74, 6) is -1.24. The number of nitrogens with two attached hydrogens (primary N) is 1. The van der Waals surface area contributed by atoms with Gasteiger partial charge in [0.05, 0.1) is 42.4 Å². The third-order valence-corrected chi connectivity index (χ3v) is 8.20. The van der Waals surface area contributed by atoms with Crippen molar-refractivity contribution < 1.29 is 27.8 Å². The second-order valence-corrected chi connectivity index (χ2v) is 11.6. The van der Waals surface area contributed by atoms with Crippen molar-refractivity contribution in [1.82, 2.24) is 24.4 Å². The Morgan fingerprint density at radius 1 is 1.15 bits per heavy atom. The van der Waals surface area contributed by atoms with Crippen LogP contribution in [0.1, 0.15) is 37.5 Å². The van der Waals surface area contributed by atoms with Crippen LogP contribution in [0.5, 0.6) is 0 Å². The van der Waals surface area contributed by atoms with Gasteiger partial charge in [0, 0.05) is 30.7 Å². The van der Waals surface area contributed by atoms with Crippen LogP contribution in [0.15, 0.2) is 53.8 Å². The summed E-state index contributed by atoms with van der Waals surface area (Å²) >= 11 is 0. The first-order valence-electron chi connectivity index (χ1n) is 12.5. The van der Waals surface area contributed by atoms with Crippen molar-refractivity contribution in [3.05, 3.63) is 54.6 Å². The fourth-order valence-electron chi connectivity index (χ4n) is 4.96. The predicted molar refractivity (Wildman–Crippen MR) is 142 cm³/mol. The number of fused-ring (bicyclic) bond motifs is 1. The molecular weight excluding hydrogens is 524 g/mol. The standard InChI is InChI=1S/C26H30N6O6S/c1-37-21(15-38-19-10-8-16(9-11-19)26(33)34)22-23(39(2,35)36)24(27)32-25(30-22)20(13-29-32)17-12-28-31(14-17)18-6-4-3-5-7-18/h3-7,12-14,16,19,21H,8-11,15,27H2,1-2H3,(H,33,34). The first-order chi connectivity index (χ1) is 18.7. The van der Waals surface area contributed by atoms with Gasteiger partial charge in [-0.2, -0.15) is 14.7 Å². The second kappa shape index (κ2) is 10.8. The van der Waals surface area contributed by atoms with E-state index in [2.05, 4.69) is 10.2 Å². The number of aliphatic carboxylic acids is 1. The minimum Gasteiger partial charge on any atom is -0.481 e. The summed E-state index contributed by atoms with van der Waals surface area (Å²) in [6.45, 7) is 0.0272. The van der Waals surface area contributed by atoms with Gasteiger partial charge in [-0.25, -0.2) is 18.1 Å². The fraction of sp³-hybridized carbons (Fsp3) is 0.385. The van der Waals surface area contributed by atoms with Gasteiger partial charge in [0.1, 0.15) is 16.8 Å². The molecule has 206 valence electrons. The molecule has 1 aliphatic rings. The van der Waals surface area contributed by atoms with Crippen LogP contribution in [0.2, 0.25) is 0 Å². The Morgan fingerprint density at radius 2 is 1.87 bits per heavy atom. The monoisotopic (exact) mass is 554 g/mol. The molecular formula is C26H30N6O6S. The number of aromatic nitrogens is 5. The number of nitrogen functional groups attached to an aromatic ring is 1. The highest BCUT2D eigenvalue weighted by atomic mass is 32.2. The molecule has 39 heavy (non-hydrogen) atoms. The van der Waals surface area contributed by atoms with Gasteiger partial charge in [0.15, 0.2) is 15.5 Å². The SMILES string of the molecule is COC(COC1CCC(C(=O)O)CC1)c1nc2c(-c3cnn(-c4ccccc4)c3)cnn2c(N)c1S(C)(=O)=O. The van der Waals surface area contributed by atoms with Crippen molar-refractivity contribution in [2.24, 2.45) is 5.92 Å². The summed E-state index contributed by atoms with van der Waals surface area (Å²) in [4.78, 5) is 15.8. The van der Waals surface area contributed by atoms with Crippen LogP contribution >= 0.6 is 0 Å². The van der Waals surface area contributed by atoms with Crippen LogP contribution in [0.25, 0.3) is 22.5 Å². The van der Waals surface area contributed by atoms with Crippen molar-refractivity contribution in [3.63, 3.8) is 0 Å². The number of ether oxygens (including phenoxy) is 2. The van der Waals surface area contributed by atoms with Gasteiger partial charge in [-0.3, -0.25) is 4.79 Å². The summed E-state index contributed by atoms with van der Waals surface area (Å²) in [5.41, 5.74) is 9.07. The van der Waals surface area contributed by atoms with Crippen molar-refractivity contribution in [2.75, 3.05) is 25.7 Å².